The first-order valence-electron chi connectivity index (χ1n) is 9.93. The van der Waals surface area contributed by atoms with Gasteiger partial charge in [0, 0.05) is 31.2 Å². The van der Waals surface area contributed by atoms with Crippen molar-refractivity contribution >= 4 is 23.3 Å². The highest BCUT2D eigenvalue weighted by atomic mass is 16.6. The van der Waals surface area contributed by atoms with Crippen LogP contribution in [0.4, 0.5) is 11.6 Å². The minimum Gasteiger partial charge on any atom is -0.399 e. The molecule has 1 amide bonds. The third-order valence-electron chi connectivity index (χ3n) is 5.37. The van der Waals surface area contributed by atoms with Gasteiger partial charge in [-0.1, -0.05) is 24.1 Å². The molecule has 0 unspecified atom stereocenters. The Morgan fingerprint density at radius 1 is 1.43 bits per heavy atom. The molecule has 30 heavy (non-hydrogen) atoms. The van der Waals surface area contributed by atoms with E-state index >= 15 is 0 Å². The maximum absolute atomic E-state index is 12.1. The molecule has 0 aliphatic heterocycles. The largest absolute Gasteiger partial charge is 0.399 e. The number of pyridine rings is 1. The number of nitrogens with zero attached hydrogens (tertiary/aromatic N) is 4. The molecule has 0 radical (unpaired) electrons. The fourth-order valence-corrected chi connectivity index (χ4v) is 3.74. The molecule has 1 fully saturated rings. The van der Waals surface area contributed by atoms with Gasteiger partial charge < -0.3 is 26.5 Å². The molecule has 1 aromatic heterocycles. The summed E-state index contributed by atoms with van der Waals surface area (Å²) < 4.78 is 0. The third kappa shape index (κ3) is 4.60. The monoisotopic (exact) mass is 409 g/mol. The van der Waals surface area contributed by atoms with Crippen molar-refractivity contribution in [2.24, 2.45) is 16.6 Å². The number of hydrogen-bond donors (Lipinski definition) is 3. The number of primary amides is 1. The zero-order chi connectivity index (χ0) is 21.7. The smallest absolute Gasteiger partial charge is 0.252 e. The minimum atomic E-state index is -0.659. The number of nitrogens with one attached hydrogen (secondary N) is 1. The van der Waals surface area contributed by atoms with E-state index in [-0.39, 0.29) is 23.2 Å². The number of likely N-dealkylation sites (N-methyl/N-ethyl adjacent to an activating group) is 1. The van der Waals surface area contributed by atoms with E-state index in [1.54, 1.807) is 11.9 Å². The fourth-order valence-electron chi connectivity index (χ4n) is 3.74. The molecule has 2 aliphatic rings. The topological polar surface area (TPSA) is 143 Å². The van der Waals surface area contributed by atoms with Gasteiger partial charge in [-0.15, -0.1) is 0 Å². The number of carbonyl (C=O) groups excluding carboxylic acids is 1. The maximum Gasteiger partial charge on any atom is 0.252 e. The van der Waals surface area contributed by atoms with Crippen LogP contribution in [-0.4, -0.2) is 42.8 Å². The van der Waals surface area contributed by atoms with Crippen molar-refractivity contribution in [3.63, 3.8) is 0 Å². The Bertz CT molecular complexity index is 945. The Kier molecular flexibility index (Phi) is 6.69. The third-order valence-corrected chi connectivity index (χ3v) is 5.37. The van der Waals surface area contributed by atoms with Gasteiger partial charge in [-0.2, -0.15) is 5.26 Å². The quantitative estimate of drug-likeness (QED) is 0.610. The van der Waals surface area contributed by atoms with Gasteiger partial charge in [0.25, 0.3) is 5.91 Å². The molecule has 2 atom stereocenters. The fraction of sp³-hybridized carbons (Fsp3) is 0.429. The molecule has 5 N–H and O–H groups in total. The average molecular weight is 409 g/mol. The number of amides is 1. The molecule has 2 aliphatic carbocycles. The van der Waals surface area contributed by atoms with Crippen LogP contribution in [0.2, 0.25) is 0 Å². The predicted molar refractivity (Wildman–Crippen MR) is 116 cm³/mol. The highest BCUT2D eigenvalue weighted by Crippen LogP contribution is 2.29. The second-order valence-electron chi connectivity index (χ2n) is 7.43. The SMILES string of the molecule is CO/N=C1/C=C(N(C)c2nc(N[C@@H]3CCCC[C@@H]3N)c(C#N)cc2C(N)=O)C=CC1. The van der Waals surface area contributed by atoms with Gasteiger partial charge in [-0.05, 0) is 31.1 Å². The number of allylic oxidation sites excluding steroid dienone is 3. The van der Waals surface area contributed by atoms with Gasteiger partial charge in [0.2, 0.25) is 0 Å². The van der Waals surface area contributed by atoms with E-state index in [0.717, 1.165) is 37.1 Å². The van der Waals surface area contributed by atoms with Gasteiger partial charge in [0.15, 0.2) is 0 Å². The van der Waals surface area contributed by atoms with Crippen molar-refractivity contribution in [3.8, 4) is 6.07 Å². The Morgan fingerprint density at radius 2 is 2.20 bits per heavy atom. The molecule has 1 aromatic rings. The predicted octanol–water partition coefficient (Wildman–Crippen LogP) is 2.02. The van der Waals surface area contributed by atoms with Gasteiger partial charge in [0.05, 0.1) is 16.8 Å². The number of carbonyl (C=O) groups is 1. The molecule has 1 heterocycles. The first-order valence-corrected chi connectivity index (χ1v) is 9.93. The van der Waals surface area contributed by atoms with Crippen LogP contribution in [0.1, 0.15) is 48.0 Å². The second-order valence-corrected chi connectivity index (χ2v) is 7.43. The van der Waals surface area contributed by atoms with Crippen LogP contribution >= 0.6 is 0 Å². The number of hydrogen-bond acceptors (Lipinski definition) is 8. The molecule has 158 valence electrons. The Morgan fingerprint density at radius 3 is 2.87 bits per heavy atom. The standard InChI is InChI=1S/C21H27N7O2/c1-28(15-7-5-6-14(11-15)27-30-2)21-16(19(24)29)10-13(12-22)20(26-21)25-18-9-4-3-8-17(18)23/h5,7,10-11,17-18H,3-4,6,8-9,23H2,1-2H3,(H2,24,29)(H,25,26)/b27-14+/t17-,18+/m0/s1. The lowest BCUT2D eigenvalue weighted by molar-refractivity contribution is 0.100. The van der Waals surface area contributed by atoms with Crippen molar-refractivity contribution in [1.29, 1.82) is 5.26 Å². The number of nitrogens with two attached hydrogens (primary N) is 2. The van der Waals surface area contributed by atoms with Crippen LogP contribution < -0.4 is 21.7 Å². The zero-order valence-corrected chi connectivity index (χ0v) is 17.3. The lowest BCUT2D eigenvalue weighted by atomic mass is 9.91. The number of anilines is 2. The van der Waals surface area contributed by atoms with E-state index < -0.39 is 5.91 Å². The first kappa shape index (κ1) is 21.3. The molecule has 0 aromatic carbocycles. The summed E-state index contributed by atoms with van der Waals surface area (Å²) in [6.07, 6.45) is 10.3. The molecule has 0 spiro atoms. The van der Waals surface area contributed by atoms with Crippen LogP contribution in [0.25, 0.3) is 0 Å². The lowest BCUT2D eigenvalue weighted by Gasteiger charge is -2.31. The Hall–Kier alpha value is -3.38. The van der Waals surface area contributed by atoms with E-state index in [2.05, 4.69) is 21.5 Å². The molecule has 9 heteroatoms. The number of nitriles is 1. The first-order chi connectivity index (χ1) is 14.4. The second kappa shape index (κ2) is 9.41. The molecule has 1 saturated carbocycles. The Balaban J connectivity index is 2.02. The Labute approximate surface area is 176 Å². The summed E-state index contributed by atoms with van der Waals surface area (Å²) in [5.41, 5.74) is 13.8. The van der Waals surface area contributed by atoms with E-state index in [4.69, 9.17) is 16.3 Å². The summed E-state index contributed by atoms with van der Waals surface area (Å²) in [6, 6.07) is 3.60. The number of aromatic nitrogens is 1. The summed E-state index contributed by atoms with van der Waals surface area (Å²) in [4.78, 5) is 23.4. The van der Waals surface area contributed by atoms with E-state index in [1.807, 2.05) is 18.2 Å². The number of oxime groups is 1. The van der Waals surface area contributed by atoms with Crippen molar-refractivity contribution in [2.45, 2.75) is 44.2 Å². The van der Waals surface area contributed by atoms with Crippen LogP contribution in [0, 0.1) is 11.3 Å². The van der Waals surface area contributed by atoms with E-state index in [1.165, 1.54) is 13.2 Å². The van der Waals surface area contributed by atoms with Crippen molar-refractivity contribution in [2.75, 3.05) is 24.4 Å². The normalized spacial score (nSPS) is 22.2. The summed E-state index contributed by atoms with van der Waals surface area (Å²) in [5.74, 6) is 0.0914. The lowest BCUT2D eigenvalue weighted by Crippen LogP contribution is -2.43. The maximum atomic E-state index is 12.1. The highest BCUT2D eigenvalue weighted by molar-refractivity contribution is 6.01. The minimum absolute atomic E-state index is 0.0131. The highest BCUT2D eigenvalue weighted by Gasteiger charge is 2.25. The molecular weight excluding hydrogens is 382 g/mol. The molecule has 0 bridgehead atoms. The van der Waals surface area contributed by atoms with Crippen LogP contribution in [-0.2, 0) is 4.84 Å². The van der Waals surface area contributed by atoms with Crippen molar-refractivity contribution < 1.29 is 9.63 Å². The molecule has 0 saturated heterocycles. The van der Waals surface area contributed by atoms with Gasteiger partial charge in [-0.3, -0.25) is 4.79 Å². The summed E-state index contributed by atoms with van der Waals surface area (Å²) >= 11 is 0. The van der Waals surface area contributed by atoms with Gasteiger partial charge in [-0.25, -0.2) is 4.98 Å². The van der Waals surface area contributed by atoms with Gasteiger partial charge in [0.1, 0.15) is 24.8 Å². The molecule has 9 nitrogen and oxygen atoms in total. The average Bonchev–Trinajstić information content (AvgIpc) is 2.75. The molecular formula is C21H27N7O2. The van der Waals surface area contributed by atoms with Gasteiger partial charge >= 0.3 is 0 Å². The molecule has 3 rings (SSSR count). The van der Waals surface area contributed by atoms with E-state index in [0.29, 0.717) is 18.1 Å². The zero-order valence-electron chi connectivity index (χ0n) is 17.3. The van der Waals surface area contributed by atoms with Crippen LogP contribution in [0.5, 0.6) is 0 Å². The van der Waals surface area contributed by atoms with Crippen molar-refractivity contribution in [1.82, 2.24) is 4.98 Å². The van der Waals surface area contributed by atoms with E-state index in [9.17, 15) is 10.1 Å². The van der Waals surface area contributed by atoms with Crippen molar-refractivity contribution in [3.05, 3.63) is 41.1 Å². The van der Waals surface area contributed by atoms with Crippen LogP contribution in [0.3, 0.4) is 0 Å². The summed E-state index contributed by atoms with van der Waals surface area (Å²) in [7, 11) is 3.27. The van der Waals surface area contributed by atoms with Crippen LogP contribution in [0.15, 0.2) is 35.1 Å². The summed E-state index contributed by atoms with van der Waals surface area (Å²) in [6.45, 7) is 0. The summed E-state index contributed by atoms with van der Waals surface area (Å²) in [5, 5.41) is 16.9. The number of rotatable bonds is 6.